The molecule has 144 valence electrons. The van der Waals surface area contributed by atoms with Crippen LogP contribution in [0.2, 0.25) is 5.02 Å². The average molecular weight is 402 g/mol. The van der Waals surface area contributed by atoms with E-state index in [1.165, 1.54) is 6.92 Å². The summed E-state index contributed by atoms with van der Waals surface area (Å²) in [5.41, 5.74) is 0.179. The van der Waals surface area contributed by atoms with Crippen molar-refractivity contribution < 1.29 is 32.2 Å². The topological polar surface area (TPSA) is 64.6 Å². The Bertz CT molecular complexity index is 876. The SMILES string of the molecule is Cc1cc(OCC(=O)O[C@H](C)C(=O)Nc2ccc(F)c(F)c2F)ccc1Cl. The summed E-state index contributed by atoms with van der Waals surface area (Å²) in [7, 11) is 0. The van der Waals surface area contributed by atoms with Gasteiger partial charge in [0, 0.05) is 5.02 Å². The summed E-state index contributed by atoms with van der Waals surface area (Å²) in [5, 5.41) is 2.56. The average Bonchev–Trinajstić information content (AvgIpc) is 2.63. The normalized spacial score (nSPS) is 11.6. The zero-order valence-corrected chi connectivity index (χ0v) is 15.1. The fraction of sp³-hybridized carbons (Fsp3) is 0.222. The van der Waals surface area contributed by atoms with Crippen molar-refractivity contribution in [2.45, 2.75) is 20.0 Å². The van der Waals surface area contributed by atoms with Gasteiger partial charge in [-0.25, -0.2) is 18.0 Å². The van der Waals surface area contributed by atoms with E-state index in [1.807, 2.05) is 5.32 Å². The molecule has 0 spiro atoms. The number of esters is 1. The highest BCUT2D eigenvalue weighted by molar-refractivity contribution is 6.31. The van der Waals surface area contributed by atoms with E-state index in [4.69, 9.17) is 21.1 Å². The lowest BCUT2D eigenvalue weighted by atomic mass is 10.2. The van der Waals surface area contributed by atoms with Crippen LogP contribution in [0.25, 0.3) is 0 Å². The highest BCUT2D eigenvalue weighted by Gasteiger charge is 2.21. The summed E-state index contributed by atoms with van der Waals surface area (Å²) >= 11 is 5.88. The van der Waals surface area contributed by atoms with Crippen molar-refractivity contribution in [3.8, 4) is 5.75 Å². The smallest absolute Gasteiger partial charge is 0.344 e. The van der Waals surface area contributed by atoms with E-state index >= 15 is 0 Å². The largest absolute Gasteiger partial charge is 0.482 e. The van der Waals surface area contributed by atoms with Crippen molar-refractivity contribution in [2.75, 3.05) is 11.9 Å². The second-order valence-electron chi connectivity index (χ2n) is 5.54. The first kappa shape index (κ1) is 20.6. The van der Waals surface area contributed by atoms with Gasteiger partial charge < -0.3 is 14.8 Å². The van der Waals surface area contributed by atoms with E-state index in [0.29, 0.717) is 16.8 Å². The number of aryl methyl sites for hydroxylation is 1. The van der Waals surface area contributed by atoms with Crippen molar-refractivity contribution in [1.29, 1.82) is 0 Å². The number of anilines is 1. The van der Waals surface area contributed by atoms with Gasteiger partial charge in [-0.3, -0.25) is 4.79 Å². The van der Waals surface area contributed by atoms with Crippen LogP contribution in [0.15, 0.2) is 30.3 Å². The molecule has 0 fully saturated rings. The quantitative estimate of drug-likeness (QED) is 0.586. The van der Waals surface area contributed by atoms with E-state index in [-0.39, 0.29) is 0 Å². The Morgan fingerprint density at radius 3 is 2.52 bits per heavy atom. The number of nitrogens with one attached hydrogen (secondary N) is 1. The molecule has 2 aromatic rings. The maximum absolute atomic E-state index is 13.6. The van der Waals surface area contributed by atoms with Crippen molar-refractivity contribution in [1.82, 2.24) is 0 Å². The van der Waals surface area contributed by atoms with Crippen LogP contribution in [-0.4, -0.2) is 24.6 Å². The van der Waals surface area contributed by atoms with Crippen LogP contribution in [0.5, 0.6) is 5.75 Å². The summed E-state index contributed by atoms with van der Waals surface area (Å²) < 4.78 is 49.7. The Kier molecular flexibility index (Phi) is 6.68. The molecule has 0 bridgehead atoms. The Hall–Kier alpha value is -2.74. The zero-order chi connectivity index (χ0) is 20.1. The Labute approximate surface area is 158 Å². The molecule has 27 heavy (non-hydrogen) atoms. The lowest BCUT2D eigenvalue weighted by molar-refractivity contribution is -0.155. The van der Waals surface area contributed by atoms with Gasteiger partial charge in [0.1, 0.15) is 5.75 Å². The molecule has 0 unspecified atom stereocenters. The van der Waals surface area contributed by atoms with Crippen LogP contribution in [0.3, 0.4) is 0 Å². The van der Waals surface area contributed by atoms with E-state index in [9.17, 15) is 22.8 Å². The number of amides is 1. The molecule has 2 aromatic carbocycles. The second-order valence-corrected chi connectivity index (χ2v) is 5.95. The molecule has 0 aromatic heterocycles. The molecule has 0 saturated carbocycles. The lowest BCUT2D eigenvalue weighted by Crippen LogP contribution is -2.32. The van der Waals surface area contributed by atoms with Gasteiger partial charge in [-0.15, -0.1) is 0 Å². The number of carbonyl (C=O) groups excluding carboxylic acids is 2. The van der Waals surface area contributed by atoms with Gasteiger partial charge >= 0.3 is 5.97 Å². The fourth-order valence-corrected chi connectivity index (χ4v) is 2.11. The van der Waals surface area contributed by atoms with Gasteiger partial charge in [0.05, 0.1) is 5.69 Å². The zero-order valence-electron chi connectivity index (χ0n) is 14.3. The maximum Gasteiger partial charge on any atom is 0.344 e. The van der Waals surface area contributed by atoms with Gasteiger partial charge in [0.2, 0.25) is 0 Å². The molecule has 2 rings (SSSR count). The third-order valence-corrected chi connectivity index (χ3v) is 3.88. The Balaban J connectivity index is 1.89. The first-order valence-electron chi connectivity index (χ1n) is 7.72. The highest BCUT2D eigenvalue weighted by Crippen LogP contribution is 2.21. The summed E-state index contributed by atoms with van der Waals surface area (Å²) in [6.45, 7) is 2.52. The molecule has 0 heterocycles. The van der Waals surface area contributed by atoms with Gasteiger partial charge in [0.15, 0.2) is 30.2 Å². The number of benzene rings is 2. The molecule has 5 nitrogen and oxygen atoms in total. The van der Waals surface area contributed by atoms with Crippen LogP contribution in [0.1, 0.15) is 12.5 Å². The standard InChI is InChI=1S/C18H15ClF3NO4/c1-9-7-11(3-4-12(9)19)26-8-15(24)27-10(2)18(25)23-14-6-5-13(20)16(21)17(14)22/h3-7,10H,8H2,1-2H3,(H,23,25)/t10-/m1/s1. The molecule has 9 heteroatoms. The minimum absolute atomic E-state index is 0.384. The Morgan fingerprint density at radius 2 is 1.85 bits per heavy atom. The highest BCUT2D eigenvalue weighted by atomic mass is 35.5. The van der Waals surface area contributed by atoms with Gasteiger partial charge in [0.25, 0.3) is 5.91 Å². The van der Waals surface area contributed by atoms with E-state index in [2.05, 4.69) is 0 Å². The van der Waals surface area contributed by atoms with Crippen LogP contribution in [-0.2, 0) is 14.3 Å². The lowest BCUT2D eigenvalue weighted by Gasteiger charge is -2.14. The molecule has 1 N–H and O–H groups in total. The molecule has 0 radical (unpaired) electrons. The first-order valence-corrected chi connectivity index (χ1v) is 8.09. The van der Waals surface area contributed by atoms with Crippen molar-refractivity contribution in [3.63, 3.8) is 0 Å². The predicted octanol–water partition coefficient (Wildman–Crippen LogP) is 4.01. The van der Waals surface area contributed by atoms with E-state index < -0.39 is 47.7 Å². The summed E-state index contributed by atoms with van der Waals surface area (Å²) in [5.74, 6) is -6.05. The van der Waals surface area contributed by atoms with Crippen LogP contribution >= 0.6 is 11.6 Å². The molecule has 0 saturated heterocycles. The molecule has 0 aliphatic rings. The molecule has 0 aliphatic heterocycles. The van der Waals surface area contributed by atoms with Crippen LogP contribution in [0.4, 0.5) is 18.9 Å². The molecule has 0 aliphatic carbocycles. The van der Waals surface area contributed by atoms with Gasteiger partial charge in [-0.2, -0.15) is 0 Å². The van der Waals surface area contributed by atoms with Gasteiger partial charge in [-0.1, -0.05) is 11.6 Å². The summed E-state index contributed by atoms with van der Waals surface area (Å²) in [4.78, 5) is 23.7. The fourth-order valence-electron chi connectivity index (χ4n) is 1.99. The van der Waals surface area contributed by atoms with Crippen LogP contribution < -0.4 is 10.1 Å². The number of hydrogen-bond donors (Lipinski definition) is 1. The van der Waals surface area contributed by atoms with Crippen molar-refractivity contribution in [3.05, 3.63) is 58.4 Å². The number of carbonyl (C=O) groups is 2. The number of ether oxygens (including phenoxy) is 2. The van der Waals surface area contributed by atoms with Crippen molar-refractivity contribution >= 4 is 29.2 Å². The molecule has 1 amide bonds. The minimum Gasteiger partial charge on any atom is -0.482 e. The molecular weight excluding hydrogens is 387 g/mol. The van der Waals surface area contributed by atoms with E-state index in [1.54, 1.807) is 25.1 Å². The number of hydrogen-bond acceptors (Lipinski definition) is 4. The third-order valence-electron chi connectivity index (χ3n) is 3.46. The van der Waals surface area contributed by atoms with E-state index in [0.717, 1.165) is 11.6 Å². The Morgan fingerprint density at radius 1 is 1.15 bits per heavy atom. The monoisotopic (exact) mass is 401 g/mol. The second kappa shape index (κ2) is 8.77. The van der Waals surface area contributed by atoms with Crippen LogP contribution in [0, 0.1) is 24.4 Å². The maximum atomic E-state index is 13.6. The first-order chi connectivity index (χ1) is 12.7. The number of rotatable bonds is 6. The van der Waals surface area contributed by atoms with Gasteiger partial charge in [-0.05, 0) is 49.7 Å². The number of halogens is 4. The predicted molar refractivity (Wildman–Crippen MR) is 92.2 cm³/mol. The molecular formula is C18H15ClF3NO4. The minimum atomic E-state index is -1.72. The summed E-state index contributed by atoms with van der Waals surface area (Å²) in [6, 6.07) is 6.30. The third kappa shape index (κ3) is 5.37. The summed E-state index contributed by atoms with van der Waals surface area (Å²) in [6.07, 6.45) is -1.32. The molecule has 1 atom stereocenters. The van der Waals surface area contributed by atoms with Crippen molar-refractivity contribution in [2.24, 2.45) is 0 Å².